The van der Waals surface area contributed by atoms with Crippen LogP contribution in [0.4, 0.5) is 0 Å². The van der Waals surface area contributed by atoms with Crippen LogP contribution in [0.15, 0.2) is 30.7 Å². The van der Waals surface area contributed by atoms with E-state index in [1.54, 1.807) is 0 Å². The highest BCUT2D eigenvalue weighted by molar-refractivity contribution is 5.81. The van der Waals surface area contributed by atoms with E-state index in [0.717, 1.165) is 51.7 Å². The molecule has 2 aliphatic heterocycles. The zero-order valence-corrected chi connectivity index (χ0v) is 14.5. The number of carbonyl (C=O) groups excluding carboxylic acids is 1. The summed E-state index contributed by atoms with van der Waals surface area (Å²) in [5.74, 6) is 1.96. The smallest absolute Gasteiger partial charge is 0.225 e. The first-order valence-corrected chi connectivity index (χ1v) is 9.48. The number of hydrogen-bond acceptors (Lipinski definition) is 3. The molecule has 1 saturated heterocycles. The maximum Gasteiger partial charge on any atom is 0.225 e. The van der Waals surface area contributed by atoms with Crippen LogP contribution in [0, 0.1) is 11.3 Å². The summed E-state index contributed by atoms with van der Waals surface area (Å²) in [6, 6.07) is 4.12. The summed E-state index contributed by atoms with van der Waals surface area (Å²) in [6.45, 7) is 2.90. The molecule has 0 unspecified atom stereocenters. The molecule has 1 amide bonds. The van der Waals surface area contributed by atoms with Crippen LogP contribution in [-0.4, -0.2) is 38.4 Å². The second-order valence-electron chi connectivity index (χ2n) is 7.98. The number of carbonyl (C=O) groups is 1. The number of aryl methyl sites for hydroxylation is 1. The number of imidazole rings is 1. The molecule has 1 spiro atoms. The van der Waals surface area contributed by atoms with Gasteiger partial charge in [-0.3, -0.25) is 9.78 Å². The monoisotopic (exact) mass is 336 g/mol. The molecule has 0 radical (unpaired) electrons. The first-order valence-electron chi connectivity index (χ1n) is 9.48. The number of pyridine rings is 1. The van der Waals surface area contributed by atoms with Crippen molar-refractivity contribution in [2.75, 3.05) is 13.1 Å². The van der Waals surface area contributed by atoms with Crippen molar-refractivity contribution in [3.63, 3.8) is 0 Å². The summed E-state index contributed by atoms with van der Waals surface area (Å²) >= 11 is 0. The highest BCUT2D eigenvalue weighted by Crippen LogP contribution is 2.43. The Bertz CT molecular complexity index is 785. The molecule has 0 bridgehead atoms. The number of fused-ring (bicyclic) bond motifs is 1. The average Bonchev–Trinajstić information content (AvgIpc) is 3.43. The van der Waals surface area contributed by atoms with Crippen LogP contribution in [0.5, 0.6) is 0 Å². The van der Waals surface area contributed by atoms with Gasteiger partial charge in [0.15, 0.2) is 0 Å². The van der Waals surface area contributed by atoms with Gasteiger partial charge in [-0.25, -0.2) is 4.98 Å². The van der Waals surface area contributed by atoms with E-state index in [4.69, 9.17) is 0 Å². The molecule has 2 aromatic rings. The molecule has 4 heterocycles. The number of likely N-dealkylation sites (tertiary alicyclic amines) is 1. The third-order valence-electron chi connectivity index (χ3n) is 6.35. The zero-order chi connectivity index (χ0) is 16.9. The number of nitrogens with zero attached hydrogens (tertiary/aromatic N) is 4. The third kappa shape index (κ3) is 2.66. The topological polar surface area (TPSA) is 51.0 Å². The van der Waals surface area contributed by atoms with Crippen LogP contribution < -0.4 is 0 Å². The third-order valence-corrected chi connectivity index (χ3v) is 6.35. The van der Waals surface area contributed by atoms with Crippen molar-refractivity contribution in [3.05, 3.63) is 36.5 Å². The second-order valence-corrected chi connectivity index (χ2v) is 7.98. The number of hydrogen-bond donors (Lipinski definition) is 0. The van der Waals surface area contributed by atoms with Gasteiger partial charge in [0.2, 0.25) is 5.91 Å². The largest absolute Gasteiger partial charge is 0.342 e. The molecule has 1 saturated carbocycles. The van der Waals surface area contributed by atoms with E-state index in [0.29, 0.717) is 17.2 Å². The Morgan fingerprint density at radius 3 is 2.60 bits per heavy atom. The van der Waals surface area contributed by atoms with Gasteiger partial charge in [0, 0.05) is 49.9 Å². The highest BCUT2D eigenvalue weighted by Gasteiger charge is 2.42. The minimum Gasteiger partial charge on any atom is -0.342 e. The summed E-state index contributed by atoms with van der Waals surface area (Å²) in [4.78, 5) is 23.2. The standard InChI is InChI=1S/C20H24N4O/c25-19(16-1-2-16)23-11-7-20(8-12-23)6-3-18-22-13-17(24(18)14-20)15-4-9-21-10-5-15/h4-5,9-10,13,16H,1-3,6-8,11-12,14H2. The molecule has 130 valence electrons. The van der Waals surface area contributed by atoms with E-state index in [9.17, 15) is 4.79 Å². The molecule has 1 aliphatic carbocycles. The van der Waals surface area contributed by atoms with Crippen LogP contribution in [0.25, 0.3) is 11.3 Å². The maximum absolute atomic E-state index is 12.3. The quantitative estimate of drug-likeness (QED) is 0.847. The fourth-order valence-corrected chi connectivity index (χ4v) is 4.53. The lowest BCUT2D eigenvalue weighted by Crippen LogP contribution is -2.47. The molecule has 2 fully saturated rings. The van der Waals surface area contributed by atoms with Crippen LogP contribution in [0.2, 0.25) is 0 Å². The van der Waals surface area contributed by atoms with Gasteiger partial charge in [-0.15, -0.1) is 0 Å². The Kier molecular flexibility index (Phi) is 3.43. The molecule has 0 atom stereocenters. The summed E-state index contributed by atoms with van der Waals surface area (Å²) < 4.78 is 2.41. The summed E-state index contributed by atoms with van der Waals surface area (Å²) in [7, 11) is 0. The van der Waals surface area contributed by atoms with E-state index in [2.05, 4.69) is 31.6 Å². The Labute approximate surface area is 148 Å². The van der Waals surface area contributed by atoms with Gasteiger partial charge in [-0.2, -0.15) is 0 Å². The van der Waals surface area contributed by atoms with Gasteiger partial charge >= 0.3 is 0 Å². The van der Waals surface area contributed by atoms with Gasteiger partial charge in [0.1, 0.15) is 5.82 Å². The van der Waals surface area contributed by atoms with Crippen molar-refractivity contribution in [1.29, 1.82) is 0 Å². The predicted molar refractivity (Wildman–Crippen MR) is 94.8 cm³/mol. The van der Waals surface area contributed by atoms with Gasteiger partial charge in [0.25, 0.3) is 0 Å². The van der Waals surface area contributed by atoms with E-state index in [1.807, 2.05) is 18.6 Å². The van der Waals surface area contributed by atoms with Crippen LogP contribution in [-0.2, 0) is 17.8 Å². The molecule has 25 heavy (non-hydrogen) atoms. The van der Waals surface area contributed by atoms with Crippen molar-refractivity contribution >= 4 is 5.91 Å². The molecular weight excluding hydrogens is 312 g/mol. The number of aromatic nitrogens is 3. The molecule has 5 nitrogen and oxygen atoms in total. The molecule has 0 N–H and O–H groups in total. The predicted octanol–water partition coefficient (Wildman–Crippen LogP) is 2.91. The average molecular weight is 336 g/mol. The summed E-state index contributed by atoms with van der Waals surface area (Å²) in [5, 5.41) is 0. The zero-order valence-electron chi connectivity index (χ0n) is 14.5. The minimum absolute atomic E-state index is 0.329. The van der Waals surface area contributed by atoms with Crippen molar-refractivity contribution in [1.82, 2.24) is 19.4 Å². The lowest BCUT2D eigenvalue weighted by molar-refractivity contribution is -0.135. The number of amides is 1. The lowest BCUT2D eigenvalue weighted by atomic mass is 9.73. The van der Waals surface area contributed by atoms with E-state index >= 15 is 0 Å². The first kappa shape index (κ1) is 15.1. The van der Waals surface area contributed by atoms with Gasteiger partial charge < -0.3 is 9.47 Å². The normalized spacial score (nSPS) is 22.0. The highest BCUT2D eigenvalue weighted by atomic mass is 16.2. The number of piperidine rings is 1. The van der Waals surface area contributed by atoms with Gasteiger partial charge in [0.05, 0.1) is 11.9 Å². The van der Waals surface area contributed by atoms with Crippen LogP contribution in [0.3, 0.4) is 0 Å². The second kappa shape index (κ2) is 5.68. The fraction of sp³-hybridized carbons (Fsp3) is 0.550. The summed E-state index contributed by atoms with van der Waals surface area (Å²) in [5.41, 5.74) is 2.72. The fourth-order valence-electron chi connectivity index (χ4n) is 4.53. The van der Waals surface area contributed by atoms with Crippen molar-refractivity contribution < 1.29 is 4.79 Å². The Balaban J connectivity index is 1.36. The summed E-state index contributed by atoms with van der Waals surface area (Å²) in [6.07, 6.45) is 12.4. The van der Waals surface area contributed by atoms with E-state index in [-0.39, 0.29) is 0 Å². The number of rotatable bonds is 2. The maximum atomic E-state index is 12.3. The van der Waals surface area contributed by atoms with Gasteiger partial charge in [-0.1, -0.05) is 0 Å². The van der Waals surface area contributed by atoms with E-state index < -0.39 is 0 Å². The molecule has 0 aromatic carbocycles. The Morgan fingerprint density at radius 1 is 1.12 bits per heavy atom. The SMILES string of the molecule is O=C(C1CC1)N1CCC2(CCc3ncc(-c4ccncc4)n3C2)CC1. The first-order chi connectivity index (χ1) is 12.2. The van der Waals surface area contributed by atoms with Gasteiger partial charge in [-0.05, 0) is 49.7 Å². The molecule has 5 heteroatoms. The molecule has 5 rings (SSSR count). The molecule has 3 aliphatic rings. The van der Waals surface area contributed by atoms with Crippen molar-refractivity contribution in [2.45, 2.75) is 45.1 Å². The van der Waals surface area contributed by atoms with Crippen LogP contribution >= 0.6 is 0 Å². The minimum atomic E-state index is 0.329. The Hall–Kier alpha value is -2.17. The van der Waals surface area contributed by atoms with Crippen molar-refractivity contribution in [3.8, 4) is 11.3 Å². The lowest BCUT2D eigenvalue weighted by Gasteiger charge is -2.45. The molecular formula is C20H24N4O. The van der Waals surface area contributed by atoms with Crippen LogP contribution in [0.1, 0.15) is 37.9 Å². The Morgan fingerprint density at radius 2 is 1.88 bits per heavy atom. The van der Waals surface area contributed by atoms with Crippen molar-refractivity contribution in [2.24, 2.45) is 11.3 Å². The van der Waals surface area contributed by atoms with E-state index in [1.165, 1.54) is 23.5 Å². The molecule has 2 aromatic heterocycles.